The Morgan fingerprint density at radius 3 is 2.35 bits per heavy atom. The Kier molecular flexibility index (Phi) is 5.80. The average Bonchev–Trinajstić information content (AvgIpc) is 2.67. The van der Waals surface area contributed by atoms with Crippen LogP contribution in [0.5, 0.6) is 0 Å². The van der Waals surface area contributed by atoms with Gasteiger partial charge in [-0.1, -0.05) is 6.92 Å². The highest BCUT2D eigenvalue weighted by Crippen LogP contribution is 2.23. The summed E-state index contributed by atoms with van der Waals surface area (Å²) in [4.78, 5) is 24.3. The number of rotatable bonds is 6. The fraction of sp³-hybridized carbons (Fsp3) is 0.600. The van der Waals surface area contributed by atoms with Crippen molar-refractivity contribution in [1.29, 1.82) is 0 Å². The summed E-state index contributed by atoms with van der Waals surface area (Å²) in [5.74, 6) is -0.496. The molecule has 0 fully saturated rings. The van der Waals surface area contributed by atoms with Crippen molar-refractivity contribution in [3.8, 4) is 0 Å². The Bertz CT molecular complexity index is 504. The largest absolute Gasteiger partial charge is 0.461 e. The maximum atomic E-state index is 12.2. The molecule has 0 saturated carbocycles. The van der Waals surface area contributed by atoms with Crippen LogP contribution in [0.2, 0.25) is 0 Å². The smallest absolute Gasteiger partial charge is 0.355 e. The van der Waals surface area contributed by atoms with Crippen LogP contribution in [-0.4, -0.2) is 29.6 Å². The zero-order valence-electron chi connectivity index (χ0n) is 13.0. The van der Waals surface area contributed by atoms with Gasteiger partial charge in [-0.3, -0.25) is 4.79 Å². The molecule has 1 amide bonds. The van der Waals surface area contributed by atoms with E-state index >= 15 is 0 Å². The van der Waals surface area contributed by atoms with E-state index in [9.17, 15) is 9.59 Å². The Morgan fingerprint density at radius 2 is 1.85 bits per heavy atom. The number of carbonyl (C=O) groups excluding carboxylic acids is 2. The number of carbonyl (C=O) groups is 2. The number of hydrogen-bond acceptors (Lipinski definition) is 3. The van der Waals surface area contributed by atoms with Crippen LogP contribution in [0.3, 0.4) is 0 Å². The van der Waals surface area contributed by atoms with Gasteiger partial charge in [0.1, 0.15) is 5.69 Å². The summed E-state index contributed by atoms with van der Waals surface area (Å²) in [5.41, 5.74) is 2.56. The molecule has 0 bridgehead atoms. The van der Waals surface area contributed by atoms with Gasteiger partial charge < -0.3 is 14.6 Å². The monoisotopic (exact) mass is 280 g/mol. The number of hydrogen-bond donors (Lipinski definition) is 1. The van der Waals surface area contributed by atoms with Crippen molar-refractivity contribution < 1.29 is 14.3 Å². The molecule has 0 saturated heterocycles. The lowest BCUT2D eigenvalue weighted by Gasteiger charge is -2.08. The van der Waals surface area contributed by atoms with Gasteiger partial charge in [-0.15, -0.1) is 0 Å². The van der Waals surface area contributed by atoms with E-state index in [4.69, 9.17) is 4.74 Å². The summed E-state index contributed by atoms with van der Waals surface area (Å²) in [6.45, 7) is 11.0. The third-order valence-corrected chi connectivity index (χ3v) is 3.31. The lowest BCUT2D eigenvalue weighted by atomic mass is 10.1. The molecule has 1 heterocycles. The van der Waals surface area contributed by atoms with Crippen LogP contribution in [0.4, 0.5) is 0 Å². The Labute approximate surface area is 120 Å². The van der Waals surface area contributed by atoms with E-state index < -0.39 is 0 Å². The molecule has 1 rings (SSSR count). The minimum atomic E-state index is -0.371. The SMILES string of the molecule is CCCNC(=O)c1c(C)c(C(=O)OCC)n(CC)c1C. The molecule has 0 aliphatic heterocycles. The van der Waals surface area contributed by atoms with Crippen molar-refractivity contribution in [3.05, 3.63) is 22.5 Å². The number of esters is 1. The highest BCUT2D eigenvalue weighted by molar-refractivity contribution is 6.01. The van der Waals surface area contributed by atoms with Gasteiger partial charge in [0.05, 0.1) is 12.2 Å². The molecule has 0 aromatic carbocycles. The average molecular weight is 280 g/mol. The van der Waals surface area contributed by atoms with Gasteiger partial charge >= 0.3 is 5.97 Å². The third kappa shape index (κ3) is 3.03. The van der Waals surface area contributed by atoms with Gasteiger partial charge in [0.15, 0.2) is 0 Å². The van der Waals surface area contributed by atoms with Crippen LogP contribution >= 0.6 is 0 Å². The first-order chi connectivity index (χ1) is 9.49. The quantitative estimate of drug-likeness (QED) is 0.814. The number of ether oxygens (including phenoxy) is 1. The number of nitrogens with one attached hydrogen (secondary N) is 1. The van der Waals surface area contributed by atoms with E-state index in [-0.39, 0.29) is 11.9 Å². The molecule has 0 atom stereocenters. The van der Waals surface area contributed by atoms with Crippen molar-refractivity contribution in [2.24, 2.45) is 0 Å². The van der Waals surface area contributed by atoms with Crippen molar-refractivity contribution in [2.75, 3.05) is 13.2 Å². The zero-order valence-corrected chi connectivity index (χ0v) is 13.0. The minimum Gasteiger partial charge on any atom is -0.461 e. The fourth-order valence-electron chi connectivity index (χ4n) is 2.41. The van der Waals surface area contributed by atoms with E-state index in [0.717, 1.165) is 12.1 Å². The minimum absolute atomic E-state index is 0.125. The van der Waals surface area contributed by atoms with Crippen LogP contribution in [0.1, 0.15) is 59.3 Å². The second-order valence-corrected chi connectivity index (χ2v) is 4.65. The highest BCUT2D eigenvalue weighted by Gasteiger charge is 2.26. The second kappa shape index (κ2) is 7.12. The summed E-state index contributed by atoms with van der Waals surface area (Å²) in [5, 5.41) is 2.86. The van der Waals surface area contributed by atoms with E-state index in [1.54, 1.807) is 13.8 Å². The van der Waals surface area contributed by atoms with Crippen molar-refractivity contribution >= 4 is 11.9 Å². The van der Waals surface area contributed by atoms with Crippen LogP contribution in [-0.2, 0) is 11.3 Å². The van der Waals surface area contributed by atoms with E-state index in [1.807, 2.05) is 25.3 Å². The van der Waals surface area contributed by atoms with E-state index in [0.29, 0.717) is 36.5 Å². The van der Waals surface area contributed by atoms with Crippen molar-refractivity contribution in [1.82, 2.24) is 9.88 Å². The Balaban J connectivity index is 3.27. The molecule has 5 nitrogen and oxygen atoms in total. The molecular weight excluding hydrogens is 256 g/mol. The number of amides is 1. The van der Waals surface area contributed by atoms with Gasteiger partial charge in [0.25, 0.3) is 5.91 Å². The molecule has 5 heteroatoms. The summed E-state index contributed by atoms with van der Waals surface area (Å²) < 4.78 is 6.93. The normalized spacial score (nSPS) is 10.4. The van der Waals surface area contributed by atoms with Crippen LogP contribution in [0, 0.1) is 13.8 Å². The molecule has 1 aromatic heterocycles. The Morgan fingerprint density at radius 1 is 1.20 bits per heavy atom. The molecular formula is C15H24N2O3. The molecule has 0 radical (unpaired) electrons. The summed E-state index contributed by atoms with van der Waals surface area (Å²) in [6, 6.07) is 0. The molecule has 0 spiro atoms. The first-order valence-corrected chi connectivity index (χ1v) is 7.14. The standard InChI is InChI=1S/C15H24N2O3/c1-6-9-16-14(18)12-10(4)13(15(19)20-8-3)17(7-2)11(12)5/h6-9H2,1-5H3,(H,16,18). The molecule has 112 valence electrons. The lowest BCUT2D eigenvalue weighted by Crippen LogP contribution is -2.25. The zero-order chi connectivity index (χ0) is 15.3. The van der Waals surface area contributed by atoms with Gasteiger partial charge in [0, 0.05) is 18.8 Å². The first kappa shape index (κ1) is 16.3. The number of nitrogens with zero attached hydrogens (tertiary/aromatic N) is 1. The van der Waals surface area contributed by atoms with Gasteiger partial charge in [0.2, 0.25) is 0 Å². The molecule has 1 aromatic rings. The Hall–Kier alpha value is -1.78. The second-order valence-electron chi connectivity index (χ2n) is 4.65. The topological polar surface area (TPSA) is 60.3 Å². The van der Waals surface area contributed by atoms with E-state index in [2.05, 4.69) is 5.32 Å². The van der Waals surface area contributed by atoms with E-state index in [1.165, 1.54) is 0 Å². The third-order valence-electron chi connectivity index (χ3n) is 3.31. The first-order valence-electron chi connectivity index (χ1n) is 7.14. The predicted octanol–water partition coefficient (Wildman–Crippen LogP) is 2.44. The predicted molar refractivity (Wildman–Crippen MR) is 78.2 cm³/mol. The maximum Gasteiger partial charge on any atom is 0.355 e. The molecule has 0 aliphatic rings. The van der Waals surface area contributed by atoms with Gasteiger partial charge in [-0.05, 0) is 39.7 Å². The molecule has 20 heavy (non-hydrogen) atoms. The van der Waals surface area contributed by atoms with Crippen LogP contribution in [0.15, 0.2) is 0 Å². The van der Waals surface area contributed by atoms with Crippen molar-refractivity contribution in [2.45, 2.75) is 47.6 Å². The highest BCUT2D eigenvalue weighted by atomic mass is 16.5. The van der Waals surface area contributed by atoms with Gasteiger partial charge in [-0.2, -0.15) is 0 Å². The van der Waals surface area contributed by atoms with Crippen LogP contribution < -0.4 is 5.32 Å². The summed E-state index contributed by atoms with van der Waals surface area (Å²) in [6.07, 6.45) is 0.878. The van der Waals surface area contributed by atoms with Crippen LogP contribution in [0.25, 0.3) is 0 Å². The summed E-state index contributed by atoms with van der Waals surface area (Å²) in [7, 11) is 0. The molecule has 0 unspecified atom stereocenters. The maximum absolute atomic E-state index is 12.2. The molecule has 0 aliphatic carbocycles. The van der Waals surface area contributed by atoms with Crippen molar-refractivity contribution in [3.63, 3.8) is 0 Å². The number of aromatic nitrogens is 1. The fourth-order valence-corrected chi connectivity index (χ4v) is 2.41. The van der Waals surface area contributed by atoms with Gasteiger partial charge in [-0.25, -0.2) is 4.79 Å². The summed E-state index contributed by atoms with van der Waals surface area (Å²) >= 11 is 0. The lowest BCUT2D eigenvalue weighted by molar-refractivity contribution is 0.0512. The molecule has 1 N–H and O–H groups in total.